The lowest BCUT2D eigenvalue weighted by Gasteiger charge is -2.16. The fraction of sp³-hybridized carbons (Fsp3) is 0.533. The van der Waals surface area contributed by atoms with Gasteiger partial charge in [-0.1, -0.05) is 6.92 Å². The maximum absolute atomic E-state index is 12.1. The van der Waals surface area contributed by atoms with Crippen LogP contribution in [0.15, 0.2) is 18.2 Å². The van der Waals surface area contributed by atoms with E-state index in [-0.39, 0.29) is 17.9 Å². The standard InChI is InChI=1S/C15H22N2O3/c1-3-19-13-5-4-12(8-11(13)9-16)17-15(18)14-10(2)6-7-20-14/h4-5,8,10,14H,3,6-7,9,16H2,1-2H3,(H,17,18). The molecule has 0 saturated carbocycles. The van der Waals surface area contributed by atoms with Crippen molar-refractivity contribution >= 4 is 11.6 Å². The monoisotopic (exact) mass is 278 g/mol. The zero-order chi connectivity index (χ0) is 14.5. The van der Waals surface area contributed by atoms with Crippen molar-refractivity contribution in [3.8, 4) is 5.75 Å². The lowest BCUT2D eigenvalue weighted by Crippen LogP contribution is -2.31. The van der Waals surface area contributed by atoms with Crippen LogP contribution in [0.1, 0.15) is 25.8 Å². The first-order valence-electron chi connectivity index (χ1n) is 7.04. The molecule has 1 saturated heterocycles. The third-order valence-corrected chi connectivity index (χ3v) is 3.49. The molecule has 0 radical (unpaired) electrons. The number of nitrogens with two attached hydrogens (primary N) is 1. The van der Waals surface area contributed by atoms with Gasteiger partial charge in [0.2, 0.25) is 0 Å². The molecule has 3 N–H and O–H groups in total. The molecule has 2 atom stereocenters. The summed E-state index contributed by atoms with van der Waals surface area (Å²) in [5, 5.41) is 2.88. The minimum absolute atomic E-state index is 0.0952. The highest BCUT2D eigenvalue weighted by molar-refractivity contribution is 5.94. The summed E-state index contributed by atoms with van der Waals surface area (Å²) in [6, 6.07) is 5.50. The van der Waals surface area contributed by atoms with Gasteiger partial charge in [-0.25, -0.2) is 0 Å². The van der Waals surface area contributed by atoms with Gasteiger partial charge < -0.3 is 20.5 Å². The van der Waals surface area contributed by atoms with E-state index in [9.17, 15) is 4.79 Å². The molecule has 5 heteroatoms. The Hall–Kier alpha value is -1.59. The van der Waals surface area contributed by atoms with Gasteiger partial charge in [-0.2, -0.15) is 0 Å². The van der Waals surface area contributed by atoms with E-state index < -0.39 is 0 Å². The van der Waals surface area contributed by atoms with Gasteiger partial charge in [0.15, 0.2) is 0 Å². The second kappa shape index (κ2) is 6.72. The number of carbonyl (C=O) groups excluding carboxylic acids is 1. The van der Waals surface area contributed by atoms with Crippen molar-refractivity contribution in [3.63, 3.8) is 0 Å². The van der Waals surface area contributed by atoms with Crippen molar-refractivity contribution in [2.45, 2.75) is 32.9 Å². The molecule has 0 aliphatic carbocycles. The fourth-order valence-electron chi connectivity index (χ4n) is 2.36. The van der Waals surface area contributed by atoms with E-state index in [0.29, 0.717) is 19.8 Å². The Balaban J connectivity index is 2.07. The predicted octanol–water partition coefficient (Wildman–Crippen LogP) is 1.91. The predicted molar refractivity (Wildman–Crippen MR) is 77.7 cm³/mol. The SMILES string of the molecule is CCOc1ccc(NC(=O)C2OCCC2C)cc1CN. The third-order valence-electron chi connectivity index (χ3n) is 3.49. The molecule has 1 aromatic rings. The van der Waals surface area contributed by atoms with Gasteiger partial charge in [0.05, 0.1) is 6.61 Å². The van der Waals surface area contributed by atoms with Crippen molar-refractivity contribution in [2.75, 3.05) is 18.5 Å². The molecular weight excluding hydrogens is 256 g/mol. The summed E-state index contributed by atoms with van der Waals surface area (Å²) in [5.74, 6) is 0.923. The Morgan fingerprint density at radius 3 is 2.95 bits per heavy atom. The van der Waals surface area contributed by atoms with Crippen molar-refractivity contribution in [1.29, 1.82) is 0 Å². The number of anilines is 1. The zero-order valence-corrected chi connectivity index (χ0v) is 12.0. The molecule has 1 aliphatic heterocycles. The number of hydrogen-bond acceptors (Lipinski definition) is 4. The molecule has 2 unspecified atom stereocenters. The van der Waals surface area contributed by atoms with Crippen LogP contribution in [-0.2, 0) is 16.1 Å². The largest absolute Gasteiger partial charge is 0.494 e. The number of hydrogen-bond donors (Lipinski definition) is 2. The highest BCUT2D eigenvalue weighted by Gasteiger charge is 2.30. The number of rotatable bonds is 5. The topological polar surface area (TPSA) is 73.6 Å². The minimum atomic E-state index is -0.358. The van der Waals surface area contributed by atoms with Gasteiger partial charge in [0.25, 0.3) is 5.91 Å². The summed E-state index contributed by atoms with van der Waals surface area (Å²) in [6.07, 6.45) is 0.568. The van der Waals surface area contributed by atoms with Crippen LogP contribution in [0.5, 0.6) is 5.75 Å². The van der Waals surface area contributed by atoms with E-state index in [4.69, 9.17) is 15.2 Å². The molecule has 110 valence electrons. The van der Waals surface area contributed by atoms with E-state index in [1.54, 1.807) is 0 Å². The van der Waals surface area contributed by atoms with E-state index >= 15 is 0 Å². The Labute approximate surface area is 119 Å². The lowest BCUT2D eigenvalue weighted by molar-refractivity contribution is -0.126. The normalized spacial score (nSPS) is 21.8. The van der Waals surface area contributed by atoms with Crippen molar-refractivity contribution in [1.82, 2.24) is 0 Å². The van der Waals surface area contributed by atoms with Crippen LogP contribution in [0.3, 0.4) is 0 Å². The molecule has 0 spiro atoms. The molecule has 1 heterocycles. The number of amides is 1. The van der Waals surface area contributed by atoms with Gasteiger partial charge in [-0.3, -0.25) is 4.79 Å². The van der Waals surface area contributed by atoms with Crippen LogP contribution in [0.25, 0.3) is 0 Å². The van der Waals surface area contributed by atoms with Crippen LogP contribution in [-0.4, -0.2) is 25.2 Å². The maximum atomic E-state index is 12.1. The highest BCUT2D eigenvalue weighted by Crippen LogP contribution is 2.25. The van der Waals surface area contributed by atoms with Crippen molar-refractivity contribution in [2.24, 2.45) is 11.7 Å². The Morgan fingerprint density at radius 2 is 2.35 bits per heavy atom. The van der Waals surface area contributed by atoms with Crippen molar-refractivity contribution < 1.29 is 14.3 Å². The molecule has 1 aromatic carbocycles. The summed E-state index contributed by atoms with van der Waals surface area (Å²) in [4.78, 5) is 12.1. The van der Waals surface area contributed by atoms with Crippen LogP contribution in [0.2, 0.25) is 0 Å². The zero-order valence-electron chi connectivity index (χ0n) is 12.0. The van der Waals surface area contributed by atoms with Crippen LogP contribution < -0.4 is 15.8 Å². The van der Waals surface area contributed by atoms with Gasteiger partial charge in [-0.15, -0.1) is 0 Å². The Bertz CT molecular complexity index is 476. The average molecular weight is 278 g/mol. The number of ether oxygens (including phenoxy) is 2. The van der Waals surface area contributed by atoms with Gasteiger partial charge >= 0.3 is 0 Å². The number of nitrogens with one attached hydrogen (secondary N) is 1. The molecule has 0 aromatic heterocycles. The van der Waals surface area contributed by atoms with Crippen LogP contribution in [0.4, 0.5) is 5.69 Å². The lowest BCUT2D eigenvalue weighted by atomic mass is 10.0. The molecule has 1 aliphatic rings. The smallest absolute Gasteiger partial charge is 0.253 e. The molecule has 1 amide bonds. The Kier molecular flexibility index (Phi) is 4.98. The quantitative estimate of drug-likeness (QED) is 0.863. The average Bonchev–Trinajstić information content (AvgIpc) is 2.87. The van der Waals surface area contributed by atoms with E-state index in [0.717, 1.165) is 23.4 Å². The van der Waals surface area contributed by atoms with Crippen LogP contribution in [0, 0.1) is 5.92 Å². The first kappa shape index (κ1) is 14.8. The van der Waals surface area contributed by atoms with Crippen molar-refractivity contribution in [3.05, 3.63) is 23.8 Å². The number of benzene rings is 1. The first-order chi connectivity index (χ1) is 9.65. The summed E-state index contributed by atoms with van der Waals surface area (Å²) < 4.78 is 10.9. The first-order valence-corrected chi connectivity index (χ1v) is 7.04. The second-order valence-electron chi connectivity index (χ2n) is 5.01. The Morgan fingerprint density at radius 1 is 1.55 bits per heavy atom. The highest BCUT2D eigenvalue weighted by atomic mass is 16.5. The third kappa shape index (κ3) is 3.29. The summed E-state index contributed by atoms with van der Waals surface area (Å²) in [6.45, 7) is 5.56. The van der Waals surface area contributed by atoms with E-state index in [1.807, 2.05) is 32.0 Å². The molecular formula is C15H22N2O3. The maximum Gasteiger partial charge on any atom is 0.253 e. The van der Waals surface area contributed by atoms with Gasteiger partial charge in [0, 0.05) is 24.4 Å². The summed E-state index contributed by atoms with van der Waals surface area (Å²) in [7, 11) is 0. The number of carbonyl (C=O) groups is 1. The summed E-state index contributed by atoms with van der Waals surface area (Å²) in [5.41, 5.74) is 7.31. The van der Waals surface area contributed by atoms with Gasteiger partial charge in [-0.05, 0) is 37.5 Å². The minimum Gasteiger partial charge on any atom is -0.494 e. The molecule has 0 bridgehead atoms. The molecule has 5 nitrogen and oxygen atoms in total. The van der Waals surface area contributed by atoms with E-state index in [1.165, 1.54) is 0 Å². The summed E-state index contributed by atoms with van der Waals surface area (Å²) >= 11 is 0. The fourth-order valence-corrected chi connectivity index (χ4v) is 2.36. The molecule has 20 heavy (non-hydrogen) atoms. The van der Waals surface area contributed by atoms with E-state index in [2.05, 4.69) is 5.32 Å². The molecule has 1 fully saturated rings. The molecule has 2 rings (SSSR count). The van der Waals surface area contributed by atoms with Crippen LogP contribution >= 0.6 is 0 Å². The van der Waals surface area contributed by atoms with Gasteiger partial charge in [0.1, 0.15) is 11.9 Å². The second-order valence-corrected chi connectivity index (χ2v) is 5.01.